The molecule has 264 valence electrons. The van der Waals surface area contributed by atoms with Gasteiger partial charge >= 0.3 is 0 Å². The van der Waals surface area contributed by atoms with Crippen molar-refractivity contribution in [3.05, 3.63) is 143 Å². The number of carbonyl (C=O) groups is 2. The fraction of sp³-hybridized carbons (Fsp3) is 0.350. The van der Waals surface area contributed by atoms with Gasteiger partial charge < -0.3 is 41.3 Å². The van der Waals surface area contributed by atoms with Crippen molar-refractivity contribution in [3.63, 3.8) is 0 Å². The second kappa shape index (κ2) is 16.5. The minimum absolute atomic E-state index is 0.0712. The molecule has 2 aliphatic rings. The van der Waals surface area contributed by atoms with Crippen LogP contribution in [0.2, 0.25) is 0 Å². The standard InChI is InChI=1S/2C20H23NO4/c2*22-11-10-20(25,13-14-6-2-1-3-7-14)19(24)21-18-16-9-5-4-8-15(16)12-17(18)23/h2*1-9,17-18,22-23,25H,10-13H2,(H,21,24)/t17-,18+,20+;17-,18+,20-/m11/s1. The molecule has 0 heterocycles. The summed E-state index contributed by atoms with van der Waals surface area (Å²) in [6, 6.07) is 32.4. The van der Waals surface area contributed by atoms with E-state index in [1.807, 2.05) is 109 Å². The van der Waals surface area contributed by atoms with Gasteiger partial charge in [-0.15, -0.1) is 0 Å². The summed E-state index contributed by atoms with van der Waals surface area (Å²) < 4.78 is 0. The molecule has 10 nitrogen and oxygen atoms in total. The average Bonchev–Trinajstić information content (AvgIpc) is 3.60. The van der Waals surface area contributed by atoms with Crippen LogP contribution in [0.1, 0.15) is 58.3 Å². The zero-order valence-corrected chi connectivity index (χ0v) is 27.9. The first kappa shape index (κ1) is 36.9. The Labute approximate surface area is 292 Å². The lowest BCUT2D eigenvalue weighted by Gasteiger charge is -2.29. The minimum atomic E-state index is -1.73. The van der Waals surface area contributed by atoms with Crippen LogP contribution in [0.15, 0.2) is 109 Å². The Balaban J connectivity index is 0.000000194. The highest BCUT2D eigenvalue weighted by Gasteiger charge is 2.41. The molecule has 0 aliphatic heterocycles. The van der Waals surface area contributed by atoms with Gasteiger partial charge in [-0.25, -0.2) is 0 Å². The Morgan fingerprint density at radius 1 is 0.560 bits per heavy atom. The summed E-state index contributed by atoms with van der Waals surface area (Å²) in [5, 5.41) is 66.5. The predicted molar refractivity (Wildman–Crippen MR) is 188 cm³/mol. The van der Waals surface area contributed by atoms with E-state index in [1.165, 1.54) is 0 Å². The minimum Gasteiger partial charge on any atom is -0.396 e. The highest BCUT2D eigenvalue weighted by Crippen LogP contribution is 2.33. The molecule has 4 aromatic rings. The maximum Gasteiger partial charge on any atom is 0.252 e. The van der Waals surface area contributed by atoms with Crippen molar-refractivity contribution in [2.24, 2.45) is 0 Å². The van der Waals surface area contributed by atoms with E-state index < -0.39 is 47.3 Å². The molecule has 6 rings (SSSR count). The Morgan fingerprint density at radius 2 is 0.900 bits per heavy atom. The summed E-state index contributed by atoms with van der Waals surface area (Å²) in [4.78, 5) is 25.6. The van der Waals surface area contributed by atoms with Crippen LogP contribution in [0.3, 0.4) is 0 Å². The highest BCUT2D eigenvalue weighted by atomic mass is 16.3. The summed E-state index contributed by atoms with van der Waals surface area (Å²) in [5.74, 6) is -1.16. The van der Waals surface area contributed by atoms with Crippen LogP contribution in [0.5, 0.6) is 0 Å². The van der Waals surface area contributed by atoms with Gasteiger partial charge in [-0.2, -0.15) is 0 Å². The molecular formula is C40H46N2O8. The Hall–Kier alpha value is -4.42. The van der Waals surface area contributed by atoms with Crippen LogP contribution >= 0.6 is 0 Å². The van der Waals surface area contributed by atoms with Crippen LogP contribution in [0.4, 0.5) is 0 Å². The fourth-order valence-electron chi connectivity index (χ4n) is 6.85. The van der Waals surface area contributed by atoms with Gasteiger partial charge in [-0.3, -0.25) is 9.59 Å². The molecule has 0 bridgehead atoms. The molecule has 0 fully saturated rings. The number of nitrogens with one attached hydrogen (secondary N) is 2. The van der Waals surface area contributed by atoms with E-state index in [4.69, 9.17) is 0 Å². The molecule has 0 saturated heterocycles. The number of hydrogen-bond acceptors (Lipinski definition) is 8. The Morgan fingerprint density at radius 3 is 1.26 bits per heavy atom. The zero-order chi connectivity index (χ0) is 35.7. The fourth-order valence-corrected chi connectivity index (χ4v) is 6.85. The third-order valence-electron chi connectivity index (χ3n) is 9.56. The summed E-state index contributed by atoms with van der Waals surface area (Å²) >= 11 is 0. The first-order valence-electron chi connectivity index (χ1n) is 16.9. The molecule has 0 spiro atoms. The van der Waals surface area contributed by atoms with Crippen LogP contribution in [-0.4, -0.2) is 79.1 Å². The van der Waals surface area contributed by atoms with Gasteiger partial charge in [-0.05, 0) is 33.4 Å². The zero-order valence-electron chi connectivity index (χ0n) is 27.9. The van der Waals surface area contributed by atoms with Gasteiger partial charge in [0.15, 0.2) is 0 Å². The van der Waals surface area contributed by atoms with Crippen molar-refractivity contribution in [1.29, 1.82) is 0 Å². The van der Waals surface area contributed by atoms with Crippen molar-refractivity contribution in [2.45, 2.75) is 74.0 Å². The molecular weight excluding hydrogens is 636 g/mol. The highest BCUT2D eigenvalue weighted by molar-refractivity contribution is 5.86. The Kier molecular flexibility index (Phi) is 12.2. The largest absolute Gasteiger partial charge is 0.396 e. The molecule has 10 heteroatoms. The van der Waals surface area contributed by atoms with Crippen molar-refractivity contribution in [2.75, 3.05) is 13.2 Å². The van der Waals surface area contributed by atoms with Crippen molar-refractivity contribution in [3.8, 4) is 0 Å². The van der Waals surface area contributed by atoms with Crippen molar-refractivity contribution < 1.29 is 40.2 Å². The van der Waals surface area contributed by atoms with Gasteiger partial charge in [-0.1, -0.05) is 109 Å². The molecule has 4 aromatic carbocycles. The smallest absolute Gasteiger partial charge is 0.252 e. The van der Waals surface area contributed by atoms with Gasteiger partial charge in [0.1, 0.15) is 11.2 Å². The molecule has 0 unspecified atom stereocenters. The normalized spacial score (nSPS) is 21.4. The van der Waals surface area contributed by atoms with E-state index >= 15 is 0 Å². The summed E-state index contributed by atoms with van der Waals surface area (Å²) in [7, 11) is 0. The molecule has 8 N–H and O–H groups in total. The third kappa shape index (κ3) is 8.65. The lowest BCUT2D eigenvalue weighted by atomic mass is 9.90. The number of rotatable bonds is 12. The van der Waals surface area contributed by atoms with Crippen LogP contribution < -0.4 is 10.6 Å². The molecule has 0 saturated carbocycles. The molecule has 0 radical (unpaired) electrons. The number of fused-ring (bicyclic) bond motifs is 2. The topological polar surface area (TPSA) is 180 Å². The van der Waals surface area contributed by atoms with Gasteiger partial charge in [0, 0.05) is 51.7 Å². The van der Waals surface area contributed by atoms with E-state index in [1.54, 1.807) is 0 Å². The summed E-state index contributed by atoms with van der Waals surface area (Å²) in [5.41, 5.74) is 1.88. The summed E-state index contributed by atoms with van der Waals surface area (Å²) in [6.45, 7) is -0.610. The van der Waals surface area contributed by atoms with Gasteiger partial charge in [0.25, 0.3) is 11.8 Å². The molecule has 2 aliphatic carbocycles. The van der Waals surface area contributed by atoms with E-state index in [2.05, 4.69) is 10.6 Å². The SMILES string of the molecule is O=C(N[C@H]1c2ccccc2C[C@H]1O)[C@@](O)(CCO)Cc1ccccc1.O=C(N[C@H]1c2ccccc2C[C@H]1O)[C@](O)(CCO)Cc1ccccc1. The first-order valence-corrected chi connectivity index (χ1v) is 16.9. The second-order valence-corrected chi connectivity index (χ2v) is 13.2. The first-order chi connectivity index (χ1) is 24.1. The second-order valence-electron chi connectivity index (χ2n) is 13.2. The number of carbonyl (C=O) groups excluding carboxylic acids is 2. The number of aliphatic hydroxyl groups is 6. The Bertz CT molecular complexity index is 1590. The number of hydrogen-bond donors (Lipinski definition) is 8. The molecule has 0 aromatic heterocycles. The quantitative estimate of drug-likeness (QED) is 0.112. The predicted octanol–water partition coefficient (Wildman–Crippen LogP) is 2.23. The van der Waals surface area contributed by atoms with E-state index in [-0.39, 0.29) is 38.9 Å². The molecule has 2 amide bonds. The number of amides is 2. The maximum absolute atomic E-state index is 12.8. The molecule has 50 heavy (non-hydrogen) atoms. The third-order valence-corrected chi connectivity index (χ3v) is 9.56. The van der Waals surface area contributed by atoms with E-state index in [0.29, 0.717) is 12.8 Å². The van der Waals surface area contributed by atoms with Crippen LogP contribution in [-0.2, 0) is 35.3 Å². The number of benzene rings is 4. The van der Waals surface area contributed by atoms with Crippen molar-refractivity contribution >= 4 is 11.8 Å². The lowest BCUT2D eigenvalue weighted by Crippen LogP contribution is -2.51. The molecule has 6 atom stereocenters. The monoisotopic (exact) mass is 682 g/mol. The number of aliphatic hydroxyl groups excluding tert-OH is 4. The van der Waals surface area contributed by atoms with Gasteiger partial charge in [0.05, 0.1) is 24.3 Å². The van der Waals surface area contributed by atoms with E-state index in [9.17, 15) is 40.2 Å². The maximum atomic E-state index is 12.8. The lowest BCUT2D eigenvalue weighted by molar-refractivity contribution is -0.143. The van der Waals surface area contributed by atoms with Crippen LogP contribution in [0.25, 0.3) is 0 Å². The van der Waals surface area contributed by atoms with Crippen molar-refractivity contribution in [1.82, 2.24) is 10.6 Å². The van der Waals surface area contributed by atoms with Crippen LogP contribution in [0, 0.1) is 0 Å². The van der Waals surface area contributed by atoms with Gasteiger partial charge in [0.2, 0.25) is 0 Å². The van der Waals surface area contributed by atoms with E-state index in [0.717, 1.165) is 33.4 Å². The average molecular weight is 683 g/mol. The summed E-state index contributed by atoms with van der Waals surface area (Å²) in [6.07, 6.45) is -0.449.